The van der Waals surface area contributed by atoms with Crippen molar-refractivity contribution in [3.05, 3.63) is 225 Å². The van der Waals surface area contributed by atoms with E-state index in [1.165, 1.54) is 100 Å². The molecule has 0 fully saturated rings. The highest BCUT2D eigenvalue weighted by Gasteiger charge is 2.50. The first-order valence-electron chi connectivity index (χ1n) is 31.2. The fourth-order valence-corrected chi connectivity index (χ4v) is 16.0. The van der Waals surface area contributed by atoms with Gasteiger partial charge < -0.3 is 19.1 Å². The van der Waals surface area contributed by atoms with Gasteiger partial charge >= 0.3 is 0 Å². The zero-order valence-corrected chi connectivity index (χ0v) is 53.7. The first-order chi connectivity index (χ1) is 39.9. The Morgan fingerprint density at radius 3 is 1.46 bits per heavy atom. The molecule has 2 aliphatic heterocycles. The molecule has 10 aromatic rings. The van der Waals surface area contributed by atoms with Crippen LogP contribution in [0.1, 0.15) is 180 Å². The molecule has 0 bridgehead atoms. The number of rotatable bonds is 5. The van der Waals surface area contributed by atoms with Gasteiger partial charge in [-0.15, -0.1) is 0 Å². The van der Waals surface area contributed by atoms with Crippen LogP contribution in [0.3, 0.4) is 0 Å². The van der Waals surface area contributed by atoms with E-state index in [2.05, 4.69) is 309 Å². The second-order valence-corrected chi connectivity index (χ2v) is 31.1. The summed E-state index contributed by atoms with van der Waals surface area (Å²) in [5, 5.41) is 2.23. The highest BCUT2D eigenvalue weighted by atomic mass is 16.3. The molecule has 5 heteroatoms. The maximum atomic E-state index is 6.85. The molecule has 428 valence electrons. The predicted octanol–water partition coefficient (Wildman–Crippen LogP) is 20.3. The number of anilines is 9. The second kappa shape index (κ2) is 18.1. The van der Waals surface area contributed by atoms with Crippen molar-refractivity contribution in [2.45, 2.75) is 169 Å². The number of para-hydroxylation sites is 1. The highest BCUT2D eigenvalue weighted by Crippen LogP contribution is 2.57. The summed E-state index contributed by atoms with van der Waals surface area (Å²) in [6.07, 6.45) is 1.07. The number of hydrogen-bond donors (Lipinski definition) is 0. The summed E-state index contributed by atoms with van der Waals surface area (Å²) in [7, 11) is 0. The Balaban J connectivity index is 1.16. The minimum atomic E-state index is -0.263. The van der Waals surface area contributed by atoms with Crippen LogP contribution in [-0.2, 0) is 37.9 Å². The van der Waals surface area contributed by atoms with Gasteiger partial charge in [0.2, 0.25) is 0 Å². The van der Waals surface area contributed by atoms with Crippen LogP contribution in [0.25, 0.3) is 21.9 Å². The van der Waals surface area contributed by atoms with Gasteiger partial charge in [-0.1, -0.05) is 215 Å². The molecule has 0 spiro atoms. The van der Waals surface area contributed by atoms with Crippen molar-refractivity contribution in [1.82, 2.24) is 0 Å². The Morgan fingerprint density at radius 1 is 0.400 bits per heavy atom. The maximum Gasteiger partial charge on any atom is 0.252 e. The van der Waals surface area contributed by atoms with Crippen molar-refractivity contribution in [2.75, 3.05) is 14.7 Å². The van der Waals surface area contributed by atoms with Crippen molar-refractivity contribution >= 4 is 96.2 Å². The lowest BCUT2D eigenvalue weighted by atomic mass is 9.33. The topological polar surface area (TPSA) is 22.9 Å². The van der Waals surface area contributed by atoms with Gasteiger partial charge in [0.1, 0.15) is 11.2 Å². The van der Waals surface area contributed by atoms with Gasteiger partial charge in [-0.05, 0) is 185 Å². The first-order valence-corrected chi connectivity index (χ1v) is 31.2. The largest absolute Gasteiger partial charge is 0.456 e. The lowest BCUT2D eigenvalue weighted by molar-refractivity contribution is 0.403. The zero-order chi connectivity index (χ0) is 60.0. The fourth-order valence-electron chi connectivity index (χ4n) is 16.0. The number of hydrogen-bond acceptors (Lipinski definition) is 4. The average molecular weight is 1110 g/mol. The van der Waals surface area contributed by atoms with Crippen LogP contribution in [0.15, 0.2) is 174 Å². The average Bonchev–Trinajstić information content (AvgIpc) is 1.45. The van der Waals surface area contributed by atoms with Crippen molar-refractivity contribution < 1.29 is 4.42 Å². The lowest BCUT2D eigenvalue weighted by Gasteiger charge is -2.47. The van der Waals surface area contributed by atoms with Crippen LogP contribution in [-0.4, -0.2) is 6.71 Å². The third-order valence-electron chi connectivity index (χ3n) is 20.5. The molecule has 3 heterocycles. The quantitative estimate of drug-likeness (QED) is 0.160. The maximum absolute atomic E-state index is 6.85. The monoisotopic (exact) mass is 1110 g/mol. The Hall–Kier alpha value is -7.76. The van der Waals surface area contributed by atoms with Crippen LogP contribution in [0.2, 0.25) is 0 Å². The first kappa shape index (κ1) is 55.1. The van der Waals surface area contributed by atoms with Gasteiger partial charge in [-0.3, -0.25) is 0 Å². The van der Waals surface area contributed by atoms with Crippen LogP contribution in [0.5, 0.6) is 0 Å². The highest BCUT2D eigenvalue weighted by molar-refractivity contribution is 7.00. The molecular weight excluding hydrogens is 1030 g/mol. The van der Waals surface area contributed by atoms with E-state index < -0.39 is 0 Å². The van der Waals surface area contributed by atoms with Gasteiger partial charge in [0, 0.05) is 56.0 Å². The van der Waals surface area contributed by atoms with Gasteiger partial charge in [0.05, 0.1) is 16.8 Å². The third kappa shape index (κ3) is 8.28. The van der Waals surface area contributed by atoms with Crippen LogP contribution in [0.4, 0.5) is 51.2 Å². The number of benzene rings is 9. The fraction of sp³-hybridized carbons (Fsp3) is 0.325. The van der Waals surface area contributed by atoms with E-state index in [9.17, 15) is 0 Å². The molecule has 0 unspecified atom stereocenters. The van der Waals surface area contributed by atoms with E-state index in [1.807, 2.05) is 0 Å². The minimum Gasteiger partial charge on any atom is -0.456 e. The normalized spacial score (nSPS) is 16.8. The molecule has 0 radical (unpaired) electrons. The SMILES string of the molecule is Cc1cc2c(cc1N1c3ccc(C(C)(C)C)cc3B3c4cc5c(cc4N(c4cccc6oc7ccccc7c46)c4cc(N(c6ccc(C(C)(C)C)cc6)c6ccc(C(C)(C)C)cc6)cc1c43)C(C)(C)CC5(C)C)C(C)(C)c1ccccc1C2(C)C. The van der Waals surface area contributed by atoms with Crippen molar-refractivity contribution in [2.24, 2.45) is 0 Å². The van der Waals surface area contributed by atoms with Gasteiger partial charge in [0.25, 0.3) is 6.71 Å². The molecule has 85 heavy (non-hydrogen) atoms. The molecular formula is C80H84BN3O. The molecule has 1 aromatic heterocycles. The summed E-state index contributed by atoms with van der Waals surface area (Å²) in [5.74, 6) is 0. The second-order valence-electron chi connectivity index (χ2n) is 31.1. The smallest absolute Gasteiger partial charge is 0.252 e. The Bertz CT molecular complexity index is 4360. The van der Waals surface area contributed by atoms with E-state index in [4.69, 9.17) is 4.42 Å². The Labute approximate surface area is 507 Å². The minimum absolute atomic E-state index is 0.0157. The molecule has 0 saturated carbocycles. The summed E-state index contributed by atoms with van der Waals surface area (Å²) in [6.45, 7) is 42.9. The summed E-state index contributed by atoms with van der Waals surface area (Å²) >= 11 is 0. The standard InChI is InChI=1S/C80H84BN3O/c1-48-40-60-61(80(17,18)57-26-21-20-25-56(57)79(60,15)16)46-66(48)83-64-39-34-51(76(8,9)10)41-62(64)81-63-44-58-59(78(13,14)47-77(58,11)12)45-67(63)84(65-27-23-29-71-72(65)55-24-19-22-28-70(55)85-71)69-43-54(42-68(83)73(69)81)82(52-35-30-49(31-36-52)74(2,3)4)53-37-32-50(33-38-53)75(5,6)7/h19-46H,47H2,1-18H3. The molecule has 0 amide bonds. The zero-order valence-electron chi connectivity index (χ0n) is 53.7. The van der Waals surface area contributed by atoms with Gasteiger partial charge in [-0.25, -0.2) is 0 Å². The molecule has 2 aliphatic carbocycles. The van der Waals surface area contributed by atoms with E-state index >= 15 is 0 Å². The summed E-state index contributed by atoms with van der Waals surface area (Å²) in [4.78, 5) is 7.89. The Kier molecular flexibility index (Phi) is 11.8. The van der Waals surface area contributed by atoms with Crippen molar-refractivity contribution in [1.29, 1.82) is 0 Å². The summed E-state index contributed by atoms with van der Waals surface area (Å²) in [5.41, 5.74) is 29.2. The van der Waals surface area contributed by atoms with Crippen molar-refractivity contribution in [3.63, 3.8) is 0 Å². The lowest BCUT2D eigenvalue weighted by Crippen LogP contribution is -2.62. The van der Waals surface area contributed by atoms with E-state index in [-0.39, 0.29) is 44.6 Å². The van der Waals surface area contributed by atoms with E-state index in [0.29, 0.717) is 0 Å². The number of furan rings is 1. The van der Waals surface area contributed by atoms with Gasteiger partial charge in [0.15, 0.2) is 0 Å². The predicted molar refractivity (Wildman–Crippen MR) is 365 cm³/mol. The van der Waals surface area contributed by atoms with Crippen LogP contribution < -0.4 is 31.1 Å². The van der Waals surface area contributed by atoms with Crippen LogP contribution >= 0.6 is 0 Å². The third-order valence-corrected chi connectivity index (χ3v) is 20.5. The summed E-state index contributed by atoms with van der Waals surface area (Å²) < 4.78 is 6.85. The molecule has 9 aromatic carbocycles. The Morgan fingerprint density at radius 2 is 0.882 bits per heavy atom. The van der Waals surface area contributed by atoms with E-state index in [0.717, 1.165) is 51.1 Å². The molecule has 0 N–H and O–H groups in total. The molecule has 14 rings (SSSR count). The van der Waals surface area contributed by atoms with Gasteiger partial charge in [-0.2, -0.15) is 0 Å². The molecule has 0 saturated heterocycles. The number of fused-ring (bicyclic) bond motifs is 10. The molecule has 0 atom stereocenters. The molecule has 4 nitrogen and oxygen atoms in total. The van der Waals surface area contributed by atoms with E-state index in [1.54, 1.807) is 0 Å². The van der Waals surface area contributed by atoms with Crippen LogP contribution in [0, 0.1) is 6.92 Å². The summed E-state index contributed by atoms with van der Waals surface area (Å²) in [6, 6.07) is 66.3. The number of nitrogens with zero attached hydrogens (tertiary/aromatic N) is 3. The van der Waals surface area contributed by atoms with Crippen molar-refractivity contribution in [3.8, 4) is 0 Å². The molecule has 4 aliphatic rings. The number of aryl methyl sites for hydroxylation is 1.